The standard InChI is InChI=1S/C13H19N3O2/c1-16-6-2-3-12(16)9-14-8-11-5-4-10(7-15-11)13(17)18/h4-5,7,12,14H,2-3,6,8-9H2,1H3,(H,17,18). The number of carboxylic acids is 1. The maximum Gasteiger partial charge on any atom is 0.337 e. The number of likely N-dealkylation sites (N-methyl/N-ethyl adjacent to an activating group) is 1. The van der Waals surface area contributed by atoms with Gasteiger partial charge in [0.25, 0.3) is 0 Å². The van der Waals surface area contributed by atoms with Gasteiger partial charge in [-0.2, -0.15) is 0 Å². The van der Waals surface area contributed by atoms with E-state index in [-0.39, 0.29) is 5.56 Å². The topological polar surface area (TPSA) is 65.5 Å². The molecule has 1 aliphatic rings. The Kier molecular flexibility index (Phi) is 4.28. The van der Waals surface area contributed by atoms with Crippen LogP contribution in [0.5, 0.6) is 0 Å². The first kappa shape index (κ1) is 13.0. The van der Waals surface area contributed by atoms with Crippen LogP contribution in [0.4, 0.5) is 0 Å². The van der Waals surface area contributed by atoms with Gasteiger partial charge in [-0.15, -0.1) is 0 Å². The highest BCUT2D eigenvalue weighted by atomic mass is 16.4. The molecule has 1 aromatic rings. The van der Waals surface area contributed by atoms with Crippen LogP contribution in [-0.2, 0) is 6.54 Å². The van der Waals surface area contributed by atoms with Gasteiger partial charge in [-0.05, 0) is 38.6 Å². The number of nitrogens with zero attached hydrogens (tertiary/aromatic N) is 2. The highest BCUT2D eigenvalue weighted by Crippen LogP contribution is 2.13. The number of aromatic nitrogens is 1. The Bertz CT molecular complexity index is 405. The first-order valence-electron chi connectivity index (χ1n) is 6.26. The largest absolute Gasteiger partial charge is 0.478 e. The van der Waals surface area contributed by atoms with Crippen molar-refractivity contribution in [3.8, 4) is 0 Å². The van der Waals surface area contributed by atoms with Gasteiger partial charge in [0.1, 0.15) is 0 Å². The molecule has 1 unspecified atom stereocenters. The minimum absolute atomic E-state index is 0.231. The number of rotatable bonds is 5. The fraction of sp³-hybridized carbons (Fsp3) is 0.538. The lowest BCUT2D eigenvalue weighted by atomic mass is 10.2. The molecule has 0 saturated carbocycles. The van der Waals surface area contributed by atoms with Gasteiger partial charge in [0.2, 0.25) is 0 Å². The van der Waals surface area contributed by atoms with Crippen molar-refractivity contribution in [2.24, 2.45) is 0 Å². The second-order valence-electron chi connectivity index (χ2n) is 4.75. The summed E-state index contributed by atoms with van der Waals surface area (Å²) in [6, 6.07) is 3.96. The lowest BCUT2D eigenvalue weighted by Gasteiger charge is -2.19. The number of carboxylic acid groups (broad SMARTS) is 1. The van der Waals surface area contributed by atoms with E-state index in [0.717, 1.165) is 12.2 Å². The normalized spacial score (nSPS) is 20.2. The predicted octanol–water partition coefficient (Wildman–Crippen LogP) is 0.964. The second kappa shape index (κ2) is 5.93. The quantitative estimate of drug-likeness (QED) is 0.814. The molecular weight excluding hydrogens is 230 g/mol. The Balaban J connectivity index is 1.78. The maximum absolute atomic E-state index is 10.7. The van der Waals surface area contributed by atoms with Crippen molar-refractivity contribution in [1.82, 2.24) is 15.2 Å². The predicted molar refractivity (Wildman–Crippen MR) is 68.6 cm³/mol. The Morgan fingerprint density at radius 3 is 3.00 bits per heavy atom. The van der Waals surface area contributed by atoms with Crippen LogP contribution < -0.4 is 5.32 Å². The summed E-state index contributed by atoms with van der Waals surface area (Å²) in [6.07, 6.45) is 3.92. The fourth-order valence-corrected chi connectivity index (χ4v) is 2.26. The van der Waals surface area contributed by atoms with Crippen LogP contribution in [0.1, 0.15) is 28.9 Å². The van der Waals surface area contributed by atoms with Gasteiger partial charge < -0.3 is 15.3 Å². The molecule has 5 heteroatoms. The number of hydrogen-bond acceptors (Lipinski definition) is 4. The van der Waals surface area contributed by atoms with Crippen molar-refractivity contribution < 1.29 is 9.90 Å². The summed E-state index contributed by atoms with van der Waals surface area (Å²) < 4.78 is 0. The molecule has 98 valence electrons. The van der Waals surface area contributed by atoms with Crippen LogP contribution in [0.2, 0.25) is 0 Å². The van der Waals surface area contributed by atoms with Crippen molar-refractivity contribution in [3.05, 3.63) is 29.6 Å². The van der Waals surface area contributed by atoms with E-state index < -0.39 is 5.97 Å². The zero-order valence-corrected chi connectivity index (χ0v) is 10.6. The highest BCUT2D eigenvalue weighted by molar-refractivity contribution is 5.87. The summed E-state index contributed by atoms with van der Waals surface area (Å²) in [6.45, 7) is 2.82. The number of carbonyl (C=O) groups is 1. The van der Waals surface area contributed by atoms with Crippen LogP contribution in [0.25, 0.3) is 0 Å². The molecule has 0 aromatic carbocycles. The van der Waals surface area contributed by atoms with Crippen molar-refractivity contribution in [1.29, 1.82) is 0 Å². The SMILES string of the molecule is CN1CCCC1CNCc1ccc(C(=O)O)cn1. The third-order valence-corrected chi connectivity index (χ3v) is 3.43. The molecule has 0 amide bonds. The van der Waals surface area contributed by atoms with Gasteiger partial charge in [0.05, 0.1) is 11.3 Å². The van der Waals surface area contributed by atoms with E-state index >= 15 is 0 Å². The van der Waals surface area contributed by atoms with Crippen LogP contribution in [0.15, 0.2) is 18.3 Å². The van der Waals surface area contributed by atoms with E-state index in [9.17, 15) is 4.79 Å². The Labute approximate surface area is 107 Å². The number of likely N-dealkylation sites (tertiary alicyclic amines) is 1. The molecule has 0 radical (unpaired) electrons. The average molecular weight is 249 g/mol. The molecule has 1 saturated heterocycles. The molecule has 2 heterocycles. The number of aromatic carboxylic acids is 1. The molecule has 0 spiro atoms. The molecule has 2 N–H and O–H groups in total. The van der Waals surface area contributed by atoms with E-state index in [1.54, 1.807) is 12.1 Å². The third-order valence-electron chi connectivity index (χ3n) is 3.43. The summed E-state index contributed by atoms with van der Waals surface area (Å²) in [5, 5.41) is 12.1. The minimum atomic E-state index is -0.936. The number of nitrogens with one attached hydrogen (secondary N) is 1. The zero-order valence-electron chi connectivity index (χ0n) is 10.6. The van der Waals surface area contributed by atoms with Gasteiger partial charge in [0, 0.05) is 25.3 Å². The second-order valence-corrected chi connectivity index (χ2v) is 4.75. The Hall–Kier alpha value is -1.46. The van der Waals surface area contributed by atoms with Crippen LogP contribution >= 0.6 is 0 Å². The molecule has 18 heavy (non-hydrogen) atoms. The smallest absolute Gasteiger partial charge is 0.337 e. The van der Waals surface area contributed by atoms with Crippen molar-refractivity contribution >= 4 is 5.97 Å². The average Bonchev–Trinajstić information content (AvgIpc) is 2.76. The lowest BCUT2D eigenvalue weighted by molar-refractivity contribution is 0.0696. The number of pyridine rings is 1. The molecule has 0 bridgehead atoms. The first-order chi connectivity index (χ1) is 8.66. The van der Waals surface area contributed by atoms with Gasteiger partial charge >= 0.3 is 5.97 Å². The first-order valence-corrected chi connectivity index (χ1v) is 6.26. The van der Waals surface area contributed by atoms with Crippen LogP contribution in [0.3, 0.4) is 0 Å². The van der Waals surface area contributed by atoms with Gasteiger partial charge in [-0.3, -0.25) is 4.98 Å². The van der Waals surface area contributed by atoms with Gasteiger partial charge in [-0.1, -0.05) is 0 Å². The summed E-state index contributed by atoms with van der Waals surface area (Å²) in [5.74, 6) is -0.936. The van der Waals surface area contributed by atoms with E-state index in [2.05, 4.69) is 22.2 Å². The summed E-state index contributed by atoms with van der Waals surface area (Å²) in [7, 11) is 2.15. The Morgan fingerprint density at radius 2 is 2.44 bits per heavy atom. The van der Waals surface area contributed by atoms with Crippen LogP contribution in [-0.4, -0.2) is 47.1 Å². The maximum atomic E-state index is 10.7. The molecular formula is C13H19N3O2. The zero-order chi connectivity index (χ0) is 13.0. The summed E-state index contributed by atoms with van der Waals surface area (Å²) in [4.78, 5) is 17.2. The van der Waals surface area contributed by atoms with Crippen molar-refractivity contribution in [2.45, 2.75) is 25.4 Å². The van der Waals surface area contributed by atoms with E-state index in [1.807, 2.05) is 0 Å². The van der Waals surface area contributed by atoms with E-state index in [1.165, 1.54) is 25.6 Å². The minimum Gasteiger partial charge on any atom is -0.478 e. The molecule has 1 aliphatic heterocycles. The third kappa shape index (κ3) is 3.27. The molecule has 5 nitrogen and oxygen atoms in total. The molecule has 1 atom stereocenters. The highest BCUT2D eigenvalue weighted by Gasteiger charge is 2.19. The van der Waals surface area contributed by atoms with E-state index in [0.29, 0.717) is 12.6 Å². The van der Waals surface area contributed by atoms with E-state index in [4.69, 9.17) is 5.11 Å². The monoisotopic (exact) mass is 249 g/mol. The molecule has 0 aliphatic carbocycles. The number of hydrogen-bond donors (Lipinski definition) is 2. The van der Waals surface area contributed by atoms with Gasteiger partial charge in [-0.25, -0.2) is 4.79 Å². The Morgan fingerprint density at radius 1 is 1.61 bits per heavy atom. The summed E-state index contributed by atoms with van der Waals surface area (Å²) in [5.41, 5.74) is 1.11. The van der Waals surface area contributed by atoms with Crippen LogP contribution in [0, 0.1) is 0 Å². The molecule has 2 rings (SSSR count). The summed E-state index contributed by atoms with van der Waals surface area (Å²) >= 11 is 0. The van der Waals surface area contributed by atoms with Crippen molar-refractivity contribution in [3.63, 3.8) is 0 Å². The molecule has 1 fully saturated rings. The molecule has 1 aromatic heterocycles. The van der Waals surface area contributed by atoms with Gasteiger partial charge in [0.15, 0.2) is 0 Å². The van der Waals surface area contributed by atoms with Crippen molar-refractivity contribution in [2.75, 3.05) is 20.1 Å². The fourth-order valence-electron chi connectivity index (χ4n) is 2.26. The lowest BCUT2D eigenvalue weighted by Crippen LogP contribution is -2.35.